The molecule has 2 N–H and O–H groups in total. The highest BCUT2D eigenvalue weighted by Gasteiger charge is 2.14. The van der Waals surface area contributed by atoms with E-state index in [1.807, 2.05) is 18.5 Å². The number of aromatic amines is 1. The molecule has 1 aliphatic rings. The Balaban J connectivity index is 1.51. The second-order valence-corrected chi connectivity index (χ2v) is 5.58. The zero-order valence-corrected chi connectivity index (χ0v) is 11.0. The molecule has 0 amide bonds. The third kappa shape index (κ3) is 2.80. The van der Waals surface area contributed by atoms with E-state index in [2.05, 4.69) is 21.4 Å². The minimum atomic E-state index is 0.396. The third-order valence-corrected chi connectivity index (χ3v) is 4.12. The summed E-state index contributed by atoms with van der Waals surface area (Å²) < 4.78 is 5.57. The van der Waals surface area contributed by atoms with Crippen LogP contribution in [0, 0.1) is 0 Å². The normalized spacial score (nSPS) is 19.4. The number of hydrogen-bond acceptors (Lipinski definition) is 4. The van der Waals surface area contributed by atoms with Crippen molar-refractivity contribution >= 4 is 11.3 Å². The highest BCUT2D eigenvalue weighted by atomic mass is 32.1. The van der Waals surface area contributed by atoms with Crippen LogP contribution in [-0.4, -0.2) is 29.2 Å². The summed E-state index contributed by atoms with van der Waals surface area (Å²) in [6, 6.07) is 4.07. The molecule has 0 aliphatic carbocycles. The maximum absolute atomic E-state index is 5.57. The van der Waals surface area contributed by atoms with Gasteiger partial charge >= 0.3 is 0 Å². The van der Waals surface area contributed by atoms with Crippen LogP contribution in [0.3, 0.4) is 0 Å². The predicted molar refractivity (Wildman–Crippen MR) is 72.6 cm³/mol. The number of rotatable bonds is 5. The Kier molecular flexibility index (Phi) is 3.73. The number of nitrogens with zero attached hydrogens (tertiary/aromatic N) is 1. The molecule has 0 saturated carbocycles. The van der Waals surface area contributed by atoms with Crippen LogP contribution in [0.4, 0.5) is 0 Å². The second kappa shape index (κ2) is 5.65. The van der Waals surface area contributed by atoms with E-state index in [4.69, 9.17) is 4.74 Å². The fourth-order valence-corrected chi connectivity index (χ4v) is 3.02. The number of hydrogen-bond donors (Lipinski definition) is 2. The van der Waals surface area contributed by atoms with Gasteiger partial charge in [0.25, 0.3) is 0 Å². The van der Waals surface area contributed by atoms with E-state index in [1.54, 1.807) is 11.3 Å². The Morgan fingerprint density at radius 2 is 2.56 bits per heavy atom. The summed E-state index contributed by atoms with van der Waals surface area (Å²) in [6.45, 7) is 2.67. The first-order chi connectivity index (χ1) is 8.92. The van der Waals surface area contributed by atoms with E-state index in [-0.39, 0.29) is 0 Å². The van der Waals surface area contributed by atoms with E-state index < -0.39 is 0 Å². The van der Waals surface area contributed by atoms with Crippen LogP contribution in [0.1, 0.15) is 17.8 Å². The van der Waals surface area contributed by atoms with Crippen molar-refractivity contribution < 1.29 is 4.74 Å². The smallest absolute Gasteiger partial charge is 0.107 e. The van der Waals surface area contributed by atoms with Crippen molar-refractivity contribution in [1.29, 1.82) is 0 Å². The van der Waals surface area contributed by atoms with Crippen molar-refractivity contribution in [3.8, 4) is 10.6 Å². The van der Waals surface area contributed by atoms with Crippen molar-refractivity contribution in [2.24, 2.45) is 0 Å². The van der Waals surface area contributed by atoms with Crippen LogP contribution >= 0.6 is 11.3 Å². The minimum Gasteiger partial charge on any atom is -0.377 e. The minimum absolute atomic E-state index is 0.396. The lowest BCUT2D eigenvalue weighted by atomic mass is 10.2. The molecule has 96 valence electrons. The molecule has 2 aromatic heterocycles. The molecule has 0 bridgehead atoms. The first-order valence-corrected chi connectivity index (χ1v) is 7.14. The van der Waals surface area contributed by atoms with Crippen LogP contribution in [-0.2, 0) is 11.3 Å². The van der Waals surface area contributed by atoms with Gasteiger partial charge in [-0.05, 0) is 25.0 Å². The van der Waals surface area contributed by atoms with Gasteiger partial charge in [-0.15, -0.1) is 11.3 Å². The van der Waals surface area contributed by atoms with Crippen LogP contribution in [0.5, 0.6) is 0 Å². The van der Waals surface area contributed by atoms with Gasteiger partial charge < -0.3 is 15.0 Å². The Bertz CT molecular complexity index is 474. The lowest BCUT2D eigenvalue weighted by molar-refractivity contribution is 0.110. The average molecular weight is 263 g/mol. The Morgan fingerprint density at radius 3 is 3.33 bits per heavy atom. The predicted octanol–water partition coefficient (Wildman–Crippen LogP) is 2.41. The number of aromatic nitrogens is 2. The summed E-state index contributed by atoms with van der Waals surface area (Å²) in [7, 11) is 0. The Morgan fingerprint density at radius 1 is 1.56 bits per heavy atom. The van der Waals surface area contributed by atoms with Crippen molar-refractivity contribution in [2.75, 3.05) is 13.2 Å². The fourth-order valence-electron chi connectivity index (χ4n) is 2.15. The SMILES string of the molecule is c1c[nH]c(-c2cnc(CNCC3CCCO3)s2)c1. The van der Waals surface area contributed by atoms with E-state index in [9.17, 15) is 0 Å². The standard InChI is InChI=1S/C13H17N3OS/c1-4-11(15-5-1)12-8-16-13(18-12)9-14-7-10-3-2-6-17-10/h1,4-5,8,10,14-15H,2-3,6-7,9H2. The summed E-state index contributed by atoms with van der Waals surface area (Å²) in [5.41, 5.74) is 1.14. The van der Waals surface area contributed by atoms with E-state index in [0.717, 1.165) is 30.4 Å². The van der Waals surface area contributed by atoms with Crippen molar-refractivity contribution in [1.82, 2.24) is 15.3 Å². The van der Waals surface area contributed by atoms with Crippen molar-refractivity contribution in [3.05, 3.63) is 29.5 Å². The van der Waals surface area contributed by atoms with E-state index in [0.29, 0.717) is 6.10 Å². The highest BCUT2D eigenvalue weighted by Crippen LogP contribution is 2.24. The highest BCUT2D eigenvalue weighted by molar-refractivity contribution is 7.15. The Hall–Kier alpha value is -1.17. The average Bonchev–Trinajstić information content (AvgIpc) is 3.12. The molecular weight excluding hydrogens is 246 g/mol. The molecule has 1 unspecified atom stereocenters. The molecule has 18 heavy (non-hydrogen) atoms. The molecule has 1 fully saturated rings. The molecular formula is C13H17N3OS. The lowest BCUT2D eigenvalue weighted by Crippen LogP contribution is -2.25. The largest absolute Gasteiger partial charge is 0.377 e. The van der Waals surface area contributed by atoms with E-state index in [1.165, 1.54) is 17.7 Å². The zero-order chi connectivity index (χ0) is 12.2. The van der Waals surface area contributed by atoms with Crippen LogP contribution in [0.2, 0.25) is 0 Å². The van der Waals surface area contributed by atoms with Crippen LogP contribution in [0.15, 0.2) is 24.5 Å². The third-order valence-electron chi connectivity index (χ3n) is 3.09. The fraction of sp³-hybridized carbons (Fsp3) is 0.462. The molecule has 3 rings (SSSR count). The van der Waals surface area contributed by atoms with Crippen LogP contribution < -0.4 is 5.32 Å². The quantitative estimate of drug-likeness (QED) is 0.871. The van der Waals surface area contributed by atoms with Gasteiger partial charge in [-0.2, -0.15) is 0 Å². The van der Waals surface area contributed by atoms with Gasteiger partial charge in [0, 0.05) is 32.1 Å². The van der Waals surface area contributed by atoms with Gasteiger partial charge in [0.1, 0.15) is 5.01 Å². The van der Waals surface area contributed by atoms with Gasteiger partial charge in [0.05, 0.1) is 16.7 Å². The molecule has 0 spiro atoms. The molecule has 4 nitrogen and oxygen atoms in total. The molecule has 5 heteroatoms. The second-order valence-electron chi connectivity index (χ2n) is 4.47. The monoisotopic (exact) mass is 263 g/mol. The van der Waals surface area contributed by atoms with Gasteiger partial charge in [0.2, 0.25) is 0 Å². The van der Waals surface area contributed by atoms with Crippen molar-refractivity contribution in [3.63, 3.8) is 0 Å². The number of thiazole rings is 1. The molecule has 2 aromatic rings. The molecule has 1 saturated heterocycles. The zero-order valence-electron chi connectivity index (χ0n) is 10.2. The van der Waals surface area contributed by atoms with E-state index >= 15 is 0 Å². The maximum Gasteiger partial charge on any atom is 0.107 e. The number of ether oxygens (including phenoxy) is 1. The first kappa shape index (κ1) is 11.9. The lowest BCUT2D eigenvalue weighted by Gasteiger charge is -2.09. The number of nitrogens with one attached hydrogen (secondary N) is 2. The molecule has 0 aromatic carbocycles. The molecule has 1 atom stereocenters. The maximum atomic E-state index is 5.57. The van der Waals surface area contributed by atoms with Gasteiger partial charge in [-0.3, -0.25) is 0 Å². The molecule has 3 heterocycles. The van der Waals surface area contributed by atoms with Crippen LogP contribution in [0.25, 0.3) is 10.6 Å². The summed E-state index contributed by atoms with van der Waals surface area (Å²) in [5, 5.41) is 4.54. The summed E-state index contributed by atoms with van der Waals surface area (Å²) in [4.78, 5) is 8.82. The summed E-state index contributed by atoms with van der Waals surface area (Å²) in [5.74, 6) is 0. The number of H-pyrrole nitrogens is 1. The molecule has 1 aliphatic heterocycles. The Labute approximate surface area is 110 Å². The van der Waals surface area contributed by atoms with Crippen molar-refractivity contribution in [2.45, 2.75) is 25.5 Å². The summed E-state index contributed by atoms with van der Waals surface area (Å²) >= 11 is 1.73. The molecule has 0 radical (unpaired) electrons. The summed E-state index contributed by atoms with van der Waals surface area (Å²) in [6.07, 6.45) is 6.64. The first-order valence-electron chi connectivity index (χ1n) is 6.32. The van der Waals surface area contributed by atoms with Gasteiger partial charge in [-0.1, -0.05) is 0 Å². The van der Waals surface area contributed by atoms with Gasteiger partial charge in [-0.25, -0.2) is 4.98 Å². The van der Waals surface area contributed by atoms with Gasteiger partial charge in [0.15, 0.2) is 0 Å². The topological polar surface area (TPSA) is 49.9 Å².